The second kappa shape index (κ2) is 6.07. The Hall–Kier alpha value is -2.00. The molecule has 1 amide bonds. The zero-order chi connectivity index (χ0) is 13.6. The van der Waals surface area contributed by atoms with Crippen molar-refractivity contribution in [3.05, 3.63) is 29.8 Å². The smallest absolute Gasteiger partial charge is 0.408 e. The molecule has 0 aromatic heterocycles. The molecule has 0 saturated heterocycles. The van der Waals surface area contributed by atoms with Crippen LogP contribution in [-0.4, -0.2) is 27.0 Å². The standard InChI is InChI=1S/C12H13NO4S/c1-3-8-17-12(14)13-9-18(15,16)11-6-4-10(2)5-7-11/h1,4-7H,8-9H2,2H3,(H,13,14). The lowest BCUT2D eigenvalue weighted by Gasteiger charge is -2.06. The molecule has 0 fully saturated rings. The van der Waals surface area contributed by atoms with E-state index in [4.69, 9.17) is 6.42 Å². The Balaban J connectivity index is 2.63. The summed E-state index contributed by atoms with van der Waals surface area (Å²) in [5, 5.41) is 2.13. The Morgan fingerprint density at radius 3 is 2.56 bits per heavy atom. The minimum atomic E-state index is -3.56. The molecule has 0 unspecified atom stereocenters. The van der Waals surface area contributed by atoms with E-state index in [1.54, 1.807) is 12.1 Å². The van der Waals surface area contributed by atoms with Crippen LogP contribution in [0, 0.1) is 19.3 Å². The number of carbonyl (C=O) groups is 1. The van der Waals surface area contributed by atoms with E-state index in [0.29, 0.717) is 0 Å². The number of ether oxygens (including phenoxy) is 1. The molecule has 0 radical (unpaired) electrons. The number of rotatable bonds is 4. The van der Waals surface area contributed by atoms with Gasteiger partial charge in [-0.15, -0.1) is 6.42 Å². The molecule has 0 aliphatic rings. The average Bonchev–Trinajstić information content (AvgIpc) is 2.34. The first-order chi connectivity index (χ1) is 8.45. The highest BCUT2D eigenvalue weighted by atomic mass is 32.2. The summed E-state index contributed by atoms with van der Waals surface area (Å²) in [7, 11) is -3.56. The van der Waals surface area contributed by atoms with Gasteiger partial charge in [-0.2, -0.15) is 0 Å². The van der Waals surface area contributed by atoms with E-state index in [9.17, 15) is 13.2 Å². The van der Waals surface area contributed by atoms with E-state index in [0.717, 1.165) is 5.56 Å². The van der Waals surface area contributed by atoms with Crippen LogP contribution < -0.4 is 5.32 Å². The molecule has 18 heavy (non-hydrogen) atoms. The summed E-state index contributed by atoms with van der Waals surface area (Å²) in [6.07, 6.45) is 4.03. The lowest BCUT2D eigenvalue weighted by molar-refractivity contribution is 0.162. The summed E-state index contributed by atoms with van der Waals surface area (Å²) in [4.78, 5) is 11.2. The molecule has 1 N–H and O–H groups in total. The third-order valence-corrected chi connectivity index (χ3v) is 3.59. The van der Waals surface area contributed by atoms with Crippen LogP contribution in [0.5, 0.6) is 0 Å². The summed E-state index contributed by atoms with van der Waals surface area (Å²) in [5.41, 5.74) is 0.954. The monoisotopic (exact) mass is 267 g/mol. The molecule has 0 atom stereocenters. The van der Waals surface area contributed by atoms with E-state index in [1.807, 2.05) is 6.92 Å². The van der Waals surface area contributed by atoms with Gasteiger partial charge in [-0.3, -0.25) is 0 Å². The molecule has 1 aromatic rings. The predicted molar refractivity (Wildman–Crippen MR) is 66.5 cm³/mol. The van der Waals surface area contributed by atoms with Gasteiger partial charge in [0, 0.05) is 0 Å². The molecule has 0 heterocycles. The first-order valence-corrected chi connectivity index (χ1v) is 6.74. The summed E-state index contributed by atoms with van der Waals surface area (Å²) in [6.45, 7) is 1.66. The SMILES string of the molecule is C#CCOC(=O)NCS(=O)(=O)c1ccc(C)cc1. The summed E-state index contributed by atoms with van der Waals surface area (Å²) in [5.74, 6) is 1.57. The number of hydrogen-bond donors (Lipinski definition) is 1. The van der Waals surface area contributed by atoms with E-state index >= 15 is 0 Å². The molecular weight excluding hydrogens is 254 g/mol. The van der Waals surface area contributed by atoms with Crippen molar-refractivity contribution in [2.75, 3.05) is 12.5 Å². The minimum Gasteiger partial charge on any atom is -0.436 e. The Labute approximate surface area is 106 Å². The van der Waals surface area contributed by atoms with Crippen molar-refractivity contribution in [2.45, 2.75) is 11.8 Å². The van der Waals surface area contributed by atoms with Gasteiger partial charge in [-0.05, 0) is 19.1 Å². The molecule has 0 aliphatic carbocycles. The normalized spacial score (nSPS) is 10.4. The predicted octanol–water partition coefficient (Wildman–Crippen LogP) is 1.09. The van der Waals surface area contributed by atoms with Gasteiger partial charge < -0.3 is 10.1 Å². The number of terminal acetylenes is 1. The molecule has 96 valence electrons. The van der Waals surface area contributed by atoms with Crippen LogP contribution in [0.25, 0.3) is 0 Å². The number of sulfone groups is 1. The van der Waals surface area contributed by atoms with Crippen molar-refractivity contribution in [1.29, 1.82) is 0 Å². The number of hydrogen-bond acceptors (Lipinski definition) is 4. The first kappa shape index (κ1) is 14.1. The number of alkyl carbamates (subject to hydrolysis) is 1. The van der Waals surface area contributed by atoms with E-state index in [-0.39, 0.29) is 11.5 Å². The maximum absolute atomic E-state index is 11.8. The molecular formula is C12H13NO4S. The number of amides is 1. The largest absolute Gasteiger partial charge is 0.436 e. The van der Waals surface area contributed by atoms with E-state index in [2.05, 4.69) is 16.0 Å². The van der Waals surface area contributed by atoms with Gasteiger partial charge in [0.15, 0.2) is 16.4 Å². The highest BCUT2D eigenvalue weighted by Gasteiger charge is 2.15. The van der Waals surface area contributed by atoms with Crippen molar-refractivity contribution in [3.8, 4) is 12.3 Å². The minimum absolute atomic E-state index is 0.144. The zero-order valence-corrected chi connectivity index (χ0v) is 10.7. The fraction of sp³-hybridized carbons (Fsp3) is 0.250. The van der Waals surface area contributed by atoms with Crippen LogP contribution >= 0.6 is 0 Å². The van der Waals surface area contributed by atoms with Gasteiger partial charge in [-0.1, -0.05) is 23.6 Å². The van der Waals surface area contributed by atoms with Gasteiger partial charge in [0.1, 0.15) is 5.88 Å². The highest BCUT2D eigenvalue weighted by Crippen LogP contribution is 2.11. The van der Waals surface area contributed by atoms with E-state index in [1.165, 1.54) is 12.1 Å². The fourth-order valence-corrected chi connectivity index (χ4v) is 2.17. The lowest BCUT2D eigenvalue weighted by Crippen LogP contribution is -2.30. The molecule has 0 bridgehead atoms. The maximum atomic E-state index is 11.8. The number of carbonyl (C=O) groups excluding carboxylic acids is 1. The van der Waals surface area contributed by atoms with Crippen molar-refractivity contribution >= 4 is 15.9 Å². The fourth-order valence-electron chi connectivity index (χ4n) is 1.14. The van der Waals surface area contributed by atoms with Gasteiger partial charge in [0.25, 0.3) is 0 Å². The van der Waals surface area contributed by atoms with Crippen LogP contribution in [-0.2, 0) is 14.6 Å². The highest BCUT2D eigenvalue weighted by molar-refractivity contribution is 7.91. The molecule has 0 aliphatic heterocycles. The molecule has 0 spiro atoms. The third kappa shape index (κ3) is 4.11. The Morgan fingerprint density at radius 2 is 2.00 bits per heavy atom. The van der Waals surface area contributed by atoms with Crippen molar-refractivity contribution < 1.29 is 17.9 Å². The number of aryl methyl sites for hydroxylation is 1. The van der Waals surface area contributed by atoms with Crippen molar-refractivity contribution in [1.82, 2.24) is 5.32 Å². The molecule has 5 nitrogen and oxygen atoms in total. The molecule has 0 saturated carbocycles. The topological polar surface area (TPSA) is 72.5 Å². The van der Waals surface area contributed by atoms with E-state index < -0.39 is 21.8 Å². The van der Waals surface area contributed by atoms with Crippen LogP contribution in [0.1, 0.15) is 5.56 Å². The van der Waals surface area contributed by atoms with Crippen LogP contribution in [0.15, 0.2) is 29.2 Å². The average molecular weight is 267 g/mol. The lowest BCUT2D eigenvalue weighted by atomic mass is 10.2. The van der Waals surface area contributed by atoms with Gasteiger partial charge in [0.2, 0.25) is 0 Å². The Kier molecular flexibility index (Phi) is 4.75. The quantitative estimate of drug-likeness (QED) is 0.829. The second-order valence-electron chi connectivity index (χ2n) is 3.53. The van der Waals surface area contributed by atoms with Crippen molar-refractivity contribution in [2.24, 2.45) is 0 Å². The van der Waals surface area contributed by atoms with Gasteiger partial charge >= 0.3 is 6.09 Å². The summed E-state index contributed by atoms with van der Waals surface area (Å²) in [6, 6.07) is 6.34. The van der Waals surface area contributed by atoms with Gasteiger partial charge in [-0.25, -0.2) is 13.2 Å². The zero-order valence-electron chi connectivity index (χ0n) is 9.84. The first-order valence-electron chi connectivity index (χ1n) is 5.09. The maximum Gasteiger partial charge on any atom is 0.408 e. The molecule has 6 heteroatoms. The third-order valence-electron chi connectivity index (χ3n) is 2.07. The Bertz CT molecular complexity index is 555. The number of benzene rings is 1. The van der Waals surface area contributed by atoms with Crippen LogP contribution in [0.3, 0.4) is 0 Å². The molecule has 1 aromatic carbocycles. The van der Waals surface area contributed by atoms with Crippen LogP contribution in [0.4, 0.5) is 4.79 Å². The number of nitrogens with one attached hydrogen (secondary N) is 1. The van der Waals surface area contributed by atoms with Crippen LogP contribution in [0.2, 0.25) is 0 Å². The summed E-state index contributed by atoms with van der Waals surface area (Å²) < 4.78 is 28.1. The molecule has 1 rings (SSSR count). The van der Waals surface area contributed by atoms with Gasteiger partial charge in [0.05, 0.1) is 4.90 Å². The summed E-state index contributed by atoms with van der Waals surface area (Å²) >= 11 is 0. The Morgan fingerprint density at radius 1 is 1.39 bits per heavy atom. The second-order valence-corrected chi connectivity index (χ2v) is 5.52. The van der Waals surface area contributed by atoms with Crippen molar-refractivity contribution in [3.63, 3.8) is 0 Å².